The average Bonchev–Trinajstić information content (AvgIpc) is 3.15. The topological polar surface area (TPSA) is 87.3 Å². The molecule has 0 aliphatic carbocycles. The van der Waals surface area contributed by atoms with E-state index in [-0.39, 0.29) is 24.1 Å². The first-order valence-corrected chi connectivity index (χ1v) is 23.9. The van der Waals surface area contributed by atoms with Gasteiger partial charge in [-0.1, -0.05) is 226 Å². The highest BCUT2D eigenvalue weighted by molar-refractivity contribution is 5.88. The number of carbonyl (C=O) groups excluding carboxylic acids is 3. The van der Waals surface area contributed by atoms with Gasteiger partial charge in [-0.3, -0.25) is 14.4 Å². The van der Waals surface area contributed by atoms with Crippen molar-refractivity contribution in [1.29, 1.82) is 0 Å². The van der Waals surface area contributed by atoms with Crippen molar-refractivity contribution in [2.24, 2.45) is 0 Å². The van der Waals surface area contributed by atoms with Crippen LogP contribution in [0.25, 0.3) is 0 Å². The Hall–Kier alpha value is -1.59. The zero-order chi connectivity index (χ0) is 38.7. The second-order valence-electron chi connectivity index (χ2n) is 16.4. The maximum absolute atomic E-state index is 13.1. The summed E-state index contributed by atoms with van der Waals surface area (Å²) in [5, 5.41) is 9.02. The van der Waals surface area contributed by atoms with Gasteiger partial charge in [0.1, 0.15) is 6.04 Å². The van der Waals surface area contributed by atoms with E-state index in [0.717, 1.165) is 44.9 Å². The third-order valence-electron chi connectivity index (χ3n) is 11.0. The van der Waals surface area contributed by atoms with Gasteiger partial charge in [-0.05, 0) is 25.7 Å². The molecule has 0 rings (SSSR count). The second kappa shape index (κ2) is 43.1. The van der Waals surface area contributed by atoms with Gasteiger partial charge in [0.25, 0.3) is 0 Å². The molecule has 3 N–H and O–H groups in total. The van der Waals surface area contributed by atoms with Crippen LogP contribution in [-0.4, -0.2) is 36.9 Å². The van der Waals surface area contributed by atoms with Crippen molar-refractivity contribution < 1.29 is 14.4 Å². The fourth-order valence-corrected chi connectivity index (χ4v) is 7.34. The minimum Gasteiger partial charge on any atom is -0.356 e. The van der Waals surface area contributed by atoms with Gasteiger partial charge in [0.2, 0.25) is 17.7 Å². The summed E-state index contributed by atoms with van der Waals surface area (Å²) in [4.78, 5) is 38.2. The molecule has 0 fully saturated rings. The van der Waals surface area contributed by atoms with Crippen LogP contribution < -0.4 is 16.0 Å². The Balaban J connectivity index is 3.98. The smallest absolute Gasteiger partial charge is 0.242 e. The molecule has 314 valence electrons. The van der Waals surface area contributed by atoms with Crippen molar-refractivity contribution in [1.82, 2.24) is 16.0 Å². The van der Waals surface area contributed by atoms with Crippen LogP contribution in [0.1, 0.15) is 265 Å². The quantitative estimate of drug-likeness (QED) is 0.0543. The van der Waals surface area contributed by atoms with Crippen molar-refractivity contribution in [3.05, 3.63) is 0 Å². The lowest BCUT2D eigenvalue weighted by atomic mass is 10.0. The van der Waals surface area contributed by atoms with Gasteiger partial charge < -0.3 is 16.0 Å². The number of hydrogen-bond acceptors (Lipinski definition) is 3. The molecule has 6 nitrogen and oxygen atoms in total. The summed E-state index contributed by atoms with van der Waals surface area (Å²) in [7, 11) is 0. The third kappa shape index (κ3) is 39.9. The molecule has 0 saturated carbocycles. The van der Waals surface area contributed by atoms with Gasteiger partial charge in [-0.15, -0.1) is 0 Å². The largest absolute Gasteiger partial charge is 0.356 e. The molecule has 6 heteroatoms. The minimum atomic E-state index is -0.647. The van der Waals surface area contributed by atoms with Gasteiger partial charge in [0.05, 0.1) is 0 Å². The Morgan fingerprint density at radius 2 is 0.642 bits per heavy atom. The Morgan fingerprint density at radius 1 is 0.340 bits per heavy atom. The molecule has 0 radical (unpaired) electrons. The van der Waals surface area contributed by atoms with Crippen molar-refractivity contribution in [2.45, 2.75) is 271 Å². The van der Waals surface area contributed by atoms with Gasteiger partial charge >= 0.3 is 0 Å². The summed E-state index contributed by atoms with van der Waals surface area (Å²) in [5.74, 6) is -0.267. The van der Waals surface area contributed by atoms with E-state index in [4.69, 9.17) is 0 Å². The summed E-state index contributed by atoms with van der Waals surface area (Å²) in [6.45, 7) is 8.00. The van der Waals surface area contributed by atoms with Crippen molar-refractivity contribution in [2.75, 3.05) is 13.1 Å². The van der Waals surface area contributed by atoms with E-state index < -0.39 is 6.04 Å². The highest BCUT2D eigenvalue weighted by atomic mass is 16.2. The summed E-state index contributed by atoms with van der Waals surface area (Å²) >= 11 is 0. The number of unbranched alkanes of at least 4 members (excludes halogenated alkanes) is 32. The number of rotatable bonds is 43. The molecule has 1 atom stereocenters. The Morgan fingerprint density at radius 3 is 1.00 bits per heavy atom. The van der Waals surface area contributed by atoms with Crippen molar-refractivity contribution in [3.8, 4) is 0 Å². The monoisotopic (exact) mass is 748 g/mol. The Labute approximate surface area is 331 Å². The van der Waals surface area contributed by atoms with Crippen LogP contribution in [0.15, 0.2) is 0 Å². The van der Waals surface area contributed by atoms with Gasteiger partial charge in [-0.25, -0.2) is 0 Å². The van der Waals surface area contributed by atoms with E-state index in [1.807, 2.05) is 0 Å². The predicted molar refractivity (Wildman–Crippen MR) is 230 cm³/mol. The van der Waals surface area contributed by atoms with E-state index in [1.165, 1.54) is 180 Å². The predicted octanol–water partition coefficient (Wildman–Crippen LogP) is 13.6. The number of carbonyl (C=O) groups is 3. The zero-order valence-electron chi connectivity index (χ0n) is 36.1. The van der Waals surface area contributed by atoms with E-state index in [9.17, 15) is 14.4 Å². The fourth-order valence-electron chi connectivity index (χ4n) is 7.34. The molecule has 0 heterocycles. The Bertz CT molecular complexity index is 789. The van der Waals surface area contributed by atoms with Gasteiger partial charge in [-0.2, -0.15) is 0 Å². The second-order valence-corrected chi connectivity index (χ2v) is 16.4. The molecule has 3 amide bonds. The first-order valence-electron chi connectivity index (χ1n) is 23.9. The van der Waals surface area contributed by atoms with Crippen LogP contribution in [-0.2, 0) is 14.4 Å². The standard InChI is InChI=1S/C47H93N3O3/c1-4-7-10-12-14-16-18-20-22-24-26-28-30-32-34-37-42-48-45(51)41-40-44(50-46(52)39-36-9-6-3)47(53)49-43-38-35-33-31-29-27-25-23-21-19-17-15-13-11-8-5-2/h44H,4-43H2,1-3H3,(H,48,51)(H,49,53)(H,50,52)/t44-/m0/s1. The van der Waals surface area contributed by atoms with Crippen molar-refractivity contribution in [3.63, 3.8) is 0 Å². The van der Waals surface area contributed by atoms with E-state index in [2.05, 4.69) is 36.7 Å². The maximum Gasteiger partial charge on any atom is 0.242 e. The Kier molecular flexibility index (Phi) is 41.8. The molecule has 0 spiro atoms. The molecular formula is C47H93N3O3. The first kappa shape index (κ1) is 51.4. The highest BCUT2D eigenvalue weighted by Crippen LogP contribution is 2.15. The third-order valence-corrected chi connectivity index (χ3v) is 11.0. The van der Waals surface area contributed by atoms with E-state index >= 15 is 0 Å². The van der Waals surface area contributed by atoms with Crippen LogP contribution in [0.2, 0.25) is 0 Å². The maximum atomic E-state index is 13.1. The molecule has 0 aromatic heterocycles. The van der Waals surface area contributed by atoms with Crippen LogP contribution in [0.4, 0.5) is 0 Å². The molecule has 0 aliphatic rings. The van der Waals surface area contributed by atoms with Gasteiger partial charge in [0.15, 0.2) is 0 Å². The molecule has 0 unspecified atom stereocenters. The number of hydrogen-bond donors (Lipinski definition) is 3. The lowest BCUT2D eigenvalue weighted by Crippen LogP contribution is -2.47. The van der Waals surface area contributed by atoms with Crippen molar-refractivity contribution >= 4 is 17.7 Å². The molecule has 0 aliphatic heterocycles. The fraction of sp³-hybridized carbons (Fsp3) is 0.936. The van der Waals surface area contributed by atoms with Crippen LogP contribution in [0, 0.1) is 0 Å². The number of nitrogens with one attached hydrogen (secondary N) is 3. The molecule has 53 heavy (non-hydrogen) atoms. The molecular weight excluding hydrogens is 655 g/mol. The minimum absolute atomic E-state index is 0.0261. The van der Waals surface area contributed by atoms with E-state index in [0.29, 0.717) is 25.9 Å². The lowest BCUT2D eigenvalue weighted by molar-refractivity contribution is -0.129. The van der Waals surface area contributed by atoms with E-state index in [1.54, 1.807) is 0 Å². The summed E-state index contributed by atoms with van der Waals surface area (Å²) in [6.07, 6.45) is 46.5. The van der Waals surface area contributed by atoms with Crippen LogP contribution in [0.3, 0.4) is 0 Å². The first-order chi connectivity index (χ1) is 26.0. The normalized spacial score (nSPS) is 11.8. The number of amides is 3. The molecule has 0 aromatic carbocycles. The lowest BCUT2D eigenvalue weighted by Gasteiger charge is -2.18. The summed E-state index contributed by atoms with van der Waals surface area (Å²) in [6, 6.07) is -0.647. The summed E-state index contributed by atoms with van der Waals surface area (Å²) < 4.78 is 0. The van der Waals surface area contributed by atoms with Crippen LogP contribution in [0.5, 0.6) is 0 Å². The molecule has 0 bridgehead atoms. The SMILES string of the molecule is CCCCCCCCCCCCCCCCCCNC(=O)CC[C@H](NC(=O)CCCCC)C(=O)NCCCCCCCCCCCCCCCCCC. The van der Waals surface area contributed by atoms with Gasteiger partial charge in [0, 0.05) is 25.9 Å². The molecule has 0 aromatic rings. The highest BCUT2D eigenvalue weighted by Gasteiger charge is 2.21. The molecule has 0 saturated heterocycles. The summed E-state index contributed by atoms with van der Waals surface area (Å²) in [5.41, 5.74) is 0. The average molecular weight is 748 g/mol. The zero-order valence-corrected chi connectivity index (χ0v) is 36.1. The van der Waals surface area contributed by atoms with Crippen LogP contribution >= 0.6 is 0 Å².